The molecule has 1 aromatic carbocycles. The first-order chi connectivity index (χ1) is 9.60. The van der Waals surface area contributed by atoms with Gasteiger partial charge in [-0.2, -0.15) is 0 Å². The molecule has 0 saturated carbocycles. The number of hydrogen-bond donors (Lipinski definition) is 1. The molecule has 2 atom stereocenters. The minimum atomic E-state index is -0.627. The molecule has 0 radical (unpaired) electrons. The van der Waals surface area contributed by atoms with Gasteiger partial charge in [0.2, 0.25) is 0 Å². The Balaban J connectivity index is 1.95. The van der Waals surface area contributed by atoms with Gasteiger partial charge in [0.25, 0.3) is 0 Å². The largest absolute Gasteiger partial charge is 0.390 e. The van der Waals surface area contributed by atoms with E-state index < -0.39 is 6.10 Å². The maximum Gasteiger partial charge on any atom is 0.124 e. The van der Waals surface area contributed by atoms with Gasteiger partial charge in [0.1, 0.15) is 5.82 Å². The molecular formula is C15H21ClFNO2. The molecule has 1 aliphatic rings. The Kier molecular flexibility index (Phi) is 5.78. The minimum absolute atomic E-state index is 0.212. The van der Waals surface area contributed by atoms with Gasteiger partial charge < -0.3 is 9.84 Å². The molecule has 20 heavy (non-hydrogen) atoms. The van der Waals surface area contributed by atoms with Gasteiger partial charge >= 0.3 is 0 Å². The van der Waals surface area contributed by atoms with E-state index in [9.17, 15) is 9.50 Å². The third kappa shape index (κ3) is 4.16. The monoisotopic (exact) mass is 301 g/mol. The Morgan fingerprint density at radius 1 is 1.55 bits per heavy atom. The number of morpholine rings is 1. The molecule has 5 heteroatoms. The normalized spacial score (nSPS) is 21.9. The van der Waals surface area contributed by atoms with Crippen molar-refractivity contribution >= 4 is 11.6 Å². The highest BCUT2D eigenvalue weighted by Gasteiger charge is 2.27. The molecule has 1 aliphatic heterocycles. The van der Waals surface area contributed by atoms with Crippen LogP contribution in [0.1, 0.15) is 18.9 Å². The second-order valence-electron chi connectivity index (χ2n) is 5.22. The molecule has 0 aliphatic carbocycles. The lowest BCUT2D eigenvalue weighted by atomic mass is 10.0. The van der Waals surface area contributed by atoms with Crippen molar-refractivity contribution in [2.75, 3.05) is 26.2 Å². The van der Waals surface area contributed by atoms with E-state index in [0.29, 0.717) is 18.1 Å². The number of ether oxygens (including phenoxy) is 1. The molecule has 1 heterocycles. The summed E-state index contributed by atoms with van der Waals surface area (Å²) >= 11 is 5.99. The summed E-state index contributed by atoms with van der Waals surface area (Å²) in [6, 6.07) is 4.25. The van der Waals surface area contributed by atoms with E-state index in [1.807, 2.05) is 0 Å². The SMILES string of the molecule is CCCN1CCOC(C(O)Cc2ccc(F)cc2Cl)C1. The van der Waals surface area contributed by atoms with E-state index in [0.717, 1.165) is 31.6 Å². The van der Waals surface area contributed by atoms with Crippen molar-refractivity contribution in [1.29, 1.82) is 0 Å². The second-order valence-corrected chi connectivity index (χ2v) is 5.62. The van der Waals surface area contributed by atoms with E-state index in [1.165, 1.54) is 12.1 Å². The smallest absolute Gasteiger partial charge is 0.124 e. The fraction of sp³-hybridized carbons (Fsp3) is 0.600. The summed E-state index contributed by atoms with van der Waals surface area (Å²) in [7, 11) is 0. The molecule has 1 fully saturated rings. The number of rotatable bonds is 5. The van der Waals surface area contributed by atoms with Crippen molar-refractivity contribution in [1.82, 2.24) is 4.90 Å². The molecule has 112 valence electrons. The van der Waals surface area contributed by atoms with Crippen LogP contribution in [-0.4, -0.2) is 48.5 Å². The van der Waals surface area contributed by atoms with Crippen LogP contribution in [0.3, 0.4) is 0 Å². The Hall–Kier alpha value is -0.680. The van der Waals surface area contributed by atoms with Crippen molar-refractivity contribution < 1.29 is 14.2 Å². The van der Waals surface area contributed by atoms with Crippen LogP contribution in [0.25, 0.3) is 0 Å². The molecule has 0 amide bonds. The van der Waals surface area contributed by atoms with Gasteiger partial charge in [-0.15, -0.1) is 0 Å². The predicted octanol–water partition coefficient (Wildman–Crippen LogP) is 2.49. The molecule has 1 aromatic rings. The lowest BCUT2D eigenvalue weighted by molar-refractivity contribution is -0.0877. The minimum Gasteiger partial charge on any atom is -0.390 e. The van der Waals surface area contributed by atoms with E-state index in [1.54, 1.807) is 6.07 Å². The summed E-state index contributed by atoms with van der Waals surface area (Å²) < 4.78 is 18.6. The Bertz CT molecular complexity index is 442. The van der Waals surface area contributed by atoms with Gasteiger partial charge in [-0.3, -0.25) is 4.90 Å². The topological polar surface area (TPSA) is 32.7 Å². The number of hydrogen-bond acceptors (Lipinski definition) is 3. The zero-order valence-electron chi connectivity index (χ0n) is 11.7. The first-order valence-corrected chi connectivity index (χ1v) is 7.44. The highest BCUT2D eigenvalue weighted by molar-refractivity contribution is 6.31. The van der Waals surface area contributed by atoms with Crippen molar-refractivity contribution in [3.8, 4) is 0 Å². The highest BCUT2D eigenvalue weighted by Crippen LogP contribution is 2.21. The molecule has 0 aromatic heterocycles. The van der Waals surface area contributed by atoms with Gasteiger partial charge in [-0.1, -0.05) is 24.6 Å². The third-order valence-corrected chi connectivity index (χ3v) is 3.94. The second kappa shape index (κ2) is 7.36. The fourth-order valence-electron chi connectivity index (χ4n) is 2.53. The third-order valence-electron chi connectivity index (χ3n) is 3.59. The van der Waals surface area contributed by atoms with E-state index in [4.69, 9.17) is 16.3 Å². The highest BCUT2D eigenvalue weighted by atomic mass is 35.5. The lowest BCUT2D eigenvalue weighted by Gasteiger charge is -2.35. The van der Waals surface area contributed by atoms with Gasteiger partial charge in [0, 0.05) is 24.5 Å². The predicted molar refractivity (Wildman–Crippen MR) is 77.6 cm³/mol. The van der Waals surface area contributed by atoms with Gasteiger partial charge in [-0.25, -0.2) is 4.39 Å². The van der Waals surface area contributed by atoms with Crippen molar-refractivity contribution in [3.63, 3.8) is 0 Å². The molecule has 1 N–H and O–H groups in total. The summed E-state index contributed by atoms with van der Waals surface area (Å²) in [5, 5.41) is 10.7. The molecule has 1 saturated heterocycles. The molecular weight excluding hydrogens is 281 g/mol. The summed E-state index contributed by atoms with van der Waals surface area (Å²) in [5.41, 5.74) is 0.747. The number of aliphatic hydroxyl groups excluding tert-OH is 1. The van der Waals surface area contributed by atoms with Gasteiger partial charge in [-0.05, 0) is 30.7 Å². The lowest BCUT2D eigenvalue weighted by Crippen LogP contribution is -2.48. The molecule has 0 spiro atoms. The molecule has 0 bridgehead atoms. The quantitative estimate of drug-likeness (QED) is 0.907. The first-order valence-electron chi connectivity index (χ1n) is 7.06. The zero-order chi connectivity index (χ0) is 14.5. The van der Waals surface area contributed by atoms with Crippen LogP contribution >= 0.6 is 11.6 Å². The van der Waals surface area contributed by atoms with Crippen LogP contribution in [-0.2, 0) is 11.2 Å². The number of aliphatic hydroxyl groups is 1. The average Bonchev–Trinajstić information content (AvgIpc) is 2.42. The standard InChI is InChI=1S/C15H21ClFNO2/c1-2-5-18-6-7-20-15(10-18)14(19)8-11-3-4-12(17)9-13(11)16/h3-4,9,14-15,19H,2,5-8,10H2,1H3. The van der Waals surface area contributed by atoms with Crippen LogP contribution in [0.2, 0.25) is 5.02 Å². The number of benzene rings is 1. The summed E-state index contributed by atoms with van der Waals surface area (Å²) in [5.74, 6) is -0.365. The Morgan fingerprint density at radius 2 is 2.35 bits per heavy atom. The van der Waals surface area contributed by atoms with Crippen LogP contribution in [0, 0.1) is 5.82 Å². The maximum atomic E-state index is 13.0. The van der Waals surface area contributed by atoms with Crippen LogP contribution in [0.15, 0.2) is 18.2 Å². The first kappa shape index (κ1) is 15.7. The summed E-state index contributed by atoms with van der Waals surface area (Å²) in [4.78, 5) is 2.30. The van der Waals surface area contributed by atoms with E-state index >= 15 is 0 Å². The van der Waals surface area contributed by atoms with E-state index in [-0.39, 0.29) is 11.9 Å². The maximum absolute atomic E-state index is 13.0. The summed E-state index contributed by atoms with van der Waals surface area (Å²) in [6.07, 6.45) is 0.630. The molecule has 2 rings (SSSR count). The number of nitrogens with zero attached hydrogens (tertiary/aromatic N) is 1. The molecule has 3 nitrogen and oxygen atoms in total. The zero-order valence-corrected chi connectivity index (χ0v) is 12.4. The van der Waals surface area contributed by atoms with Crippen molar-refractivity contribution in [3.05, 3.63) is 34.6 Å². The summed E-state index contributed by atoms with van der Waals surface area (Å²) in [6.45, 7) is 5.43. The van der Waals surface area contributed by atoms with Crippen molar-refractivity contribution in [2.45, 2.75) is 32.0 Å². The number of halogens is 2. The Labute approximate surface area is 124 Å². The van der Waals surface area contributed by atoms with Gasteiger partial charge in [0.05, 0.1) is 18.8 Å². The van der Waals surface area contributed by atoms with Crippen LogP contribution in [0.4, 0.5) is 4.39 Å². The molecule has 2 unspecified atom stereocenters. The van der Waals surface area contributed by atoms with Crippen molar-refractivity contribution in [2.24, 2.45) is 0 Å². The van der Waals surface area contributed by atoms with Crippen LogP contribution in [0.5, 0.6) is 0 Å². The Morgan fingerprint density at radius 3 is 3.05 bits per heavy atom. The van der Waals surface area contributed by atoms with Crippen LogP contribution < -0.4 is 0 Å². The van der Waals surface area contributed by atoms with E-state index in [2.05, 4.69) is 11.8 Å². The average molecular weight is 302 g/mol. The van der Waals surface area contributed by atoms with Gasteiger partial charge in [0.15, 0.2) is 0 Å². The fourth-order valence-corrected chi connectivity index (χ4v) is 2.77.